The van der Waals surface area contributed by atoms with Crippen LogP contribution >= 0.6 is 0 Å². The highest BCUT2D eigenvalue weighted by molar-refractivity contribution is 5.03. The van der Waals surface area contributed by atoms with E-state index in [9.17, 15) is 0 Å². The minimum Gasteiger partial charge on any atom is -0.311 e. The molecule has 1 aromatic rings. The molecule has 0 aliphatic heterocycles. The molecule has 1 aliphatic rings. The summed E-state index contributed by atoms with van der Waals surface area (Å²) in [6.07, 6.45) is 5.96. The summed E-state index contributed by atoms with van der Waals surface area (Å²) in [7, 11) is 0. The maximum absolute atomic E-state index is 4.28. The SMILES string of the molecule is CCC1(CNCc2ccccn2)CC1. The molecule has 14 heavy (non-hydrogen) atoms. The van der Waals surface area contributed by atoms with Crippen molar-refractivity contribution in [2.45, 2.75) is 32.7 Å². The highest BCUT2D eigenvalue weighted by Crippen LogP contribution is 2.47. The summed E-state index contributed by atoms with van der Waals surface area (Å²) in [6, 6.07) is 6.06. The van der Waals surface area contributed by atoms with Crippen molar-refractivity contribution in [1.82, 2.24) is 10.3 Å². The molecule has 1 fully saturated rings. The number of hydrogen-bond donors (Lipinski definition) is 1. The van der Waals surface area contributed by atoms with E-state index in [0.29, 0.717) is 5.41 Å². The van der Waals surface area contributed by atoms with Gasteiger partial charge in [0.05, 0.1) is 5.69 Å². The maximum Gasteiger partial charge on any atom is 0.0541 e. The van der Waals surface area contributed by atoms with Crippen LogP contribution in [-0.4, -0.2) is 11.5 Å². The third-order valence-corrected chi connectivity index (χ3v) is 3.24. The number of nitrogens with one attached hydrogen (secondary N) is 1. The van der Waals surface area contributed by atoms with Gasteiger partial charge in [0.25, 0.3) is 0 Å². The van der Waals surface area contributed by atoms with Crippen molar-refractivity contribution in [1.29, 1.82) is 0 Å². The molecule has 1 saturated carbocycles. The van der Waals surface area contributed by atoms with Gasteiger partial charge in [-0.25, -0.2) is 0 Å². The van der Waals surface area contributed by atoms with Crippen LogP contribution in [0.2, 0.25) is 0 Å². The van der Waals surface area contributed by atoms with Crippen LogP contribution in [-0.2, 0) is 6.54 Å². The largest absolute Gasteiger partial charge is 0.311 e. The Labute approximate surface area is 85.7 Å². The van der Waals surface area contributed by atoms with Crippen molar-refractivity contribution in [3.05, 3.63) is 30.1 Å². The molecule has 0 spiro atoms. The molecule has 1 aliphatic carbocycles. The maximum atomic E-state index is 4.28. The molecule has 0 radical (unpaired) electrons. The molecule has 1 N–H and O–H groups in total. The predicted octanol–water partition coefficient (Wildman–Crippen LogP) is 2.36. The van der Waals surface area contributed by atoms with Crippen LogP contribution in [0.5, 0.6) is 0 Å². The molecule has 0 saturated heterocycles. The second-order valence-corrected chi connectivity index (χ2v) is 4.28. The molecule has 2 rings (SSSR count). The van der Waals surface area contributed by atoms with E-state index in [1.54, 1.807) is 0 Å². The third-order valence-electron chi connectivity index (χ3n) is 3.24. The minimum absolute atomic E-state index is 0.634. The lowest BCUT2D eigenvalue weighted by Crippen LogP contribution is -2.23. The first-order chi connectivity index (χ1) is 6.85. The van der Waals surface area contributed by atoms with Crippen LogP contribution in [0.3, 0.4) is 0 Å². The molecule has 0 bridgehead atoms. The topological polar surface area (TPSA) is 24.9 Å². The molecule has 2 nitrogen and oxygen atoms in total. The summed E-state index contributed by atoms with van der Waals surface area (Å²) in [4.78, 5) is 4.28. The molecule has 0 atom stereocenters. The van der Waals surface area contributed by atoms with Gasteiger partial charge in [0.2, 0.25) is 0 Å². The molecule has 0 unspecified atom stereocenters. The fourth-order valence-electron chi connectivity index (χ4n) is 1.79. The van der Waals surface area contributed by atoms with E-state index in [-0.39, 0.29) is 0 Å². The Morgan fingerprint density at radius 1 is 1.43 bits per heavy atom. The highest BCUT2D eigenvalue weighted by atomic mass is 14.9. The fraction of sp³-hybridized carbons (Fsp3) is 0.583. The number of nitrogens with zero attached hydrogens (tertiary/aromatic N) is 1. The zero-order valence-corrected chi connectivity index (χ0v) is 8.79. The van der Waals surface area contributed by atoms with E-state index in [4.69, 9.17) is 0 Å². The van der Waals surface area contributed by atoms with Gasteiger partial charge in [0, 0.05) is 19.3 Å². The summed E-state index contributed by atoms with van der Waals surface area (Å²) in [5, 5.41) is 3.49. The zero-order valence-electron chi connectivity index (χ0n) is 8.79. The molecular formula is C12H18N2. The molecule has 0 amide bonds. The van der Waals surface area contributed by atoms with Crippen LogP contribution in [0.15, 0.2) is 24.4 Å². The van der Waals surface area contributed by atoms with E-state index >= 15 is 0 Å². The molecule has 1 heterocycles. The van der Waals surface area contributed by atoms with Gasteiger partial charge < -0.3 is 5.32 Å². The quantitative estimate of drug-likeness (QED) is 0.771. The van der Waals surface area contributed by atoms with Crippen molar-refractivity contribution in [3.63, 3.8) is 0 Å². The van der Waals surface area contributed by atoms with Crippen LogP contribution in [0.1, 0.15) is 31.9 Å². The van der Waals surface area contributed by atoms with Crippen LogP contribution in [0, 0.1) is 5.41 Å². The van der Waals surface area contributed by atoms with Crippen LogP contribution in [0.25, 0.3) is 0 Å². The fourth-order valence-corrected chi connectivity index (χ4v) is 1.79. The first kappa shape index (κ1) is 9.66. The van der Waals surface area contributed by atoms with Crippen molar-refractivity contribution >= 4 is 0 Å². The molecule has 1 aromatic heterocycles. The van der Waals surface area contributed by atoms with Crippen molar-refractivity contribution in [2.75, 3.05) is 6.54 Å². The predicted molar refractivity (Wildman–Crippen MR) is 57.9 cm³/mol. The summed E-state index contributed by atoms with van der Waals surface area (Å²) in [6.45, 7) is 4.35. The Morgan fingerprint density at radius 3 is 2.86 bits per heavy atom. The Balaban J connectivity index is 1.73. The van der Waals surface area contributed by atoms with Crippen LogP contribution in [0.4, 0.5) is 0 Å². The van der Waals surface area contributed by atoms with E-state index in [1.165, 1.54) is 19.3 Å². The standard InChI is InChI=1S/C12H18N2/c1-2-12(6-7-12)10-13-9-11-5-3-4-8-14-11/h3-5,8,13H,2,6-7,9-10H2,1H3. The van der Waals surface area contributed by atoms with Gasteiger partial charge in [-0.3, -0.25) is 4.98 Å². The summed E-state index contributed by atoms with van der Waals surface area (Å²) in [5.41, 5.74) is 1.77. The smallest absolute Gasteiger partial charge is 0.0541 e. The Hall–Kier alpha value is -0.890. The first-order valence-corrected chi connectivity index (χ1v) is 5.45. The van der Waals surface area contributed by atoms with Gasteiger partial charge in [-0.2, -0.15) is 0 Å². The second kappa shape index (κ2) is 4.09. The third kappa shape index (κ3) is 2.32. The lowest BCUT2D eigenvalue weighted by molar-refractivity contribution is 0.442. The molecule has 0 aromatic carbocycles. The van der Waals surface area contributed by atoms with E-state index in [1.807, 2.05) is 18.3 Å². The number of rotatable bonds is 5. The lowest BCUT2D eigenvalue weighted by Gasteiger charge is -2.12. The average molecular weight is 190 g/mol. The zero-order chi connectivity index (χ0) is 9.86. The summed E-state index contributed by atoms with van der Waals surface area (Å²) < 4.78 is 0. The van der Waals surface area contributed by atoms with Crippen LogP contribution < -0.4 is 5.32 Å². The monoisotopic (exact) mass is 190 g/mol. The summed E-state index contributed by atoms with van der Waals surface area (Å²) >= 11 is 0. The molecule has 2 heteroatoms. The van der Waals surface area contributed by atoms with Gasteiger partial charge in [0.15, 0.2) is 0 Å². The molecule has 76 valence electrons. The Kier molecular flexibility index (Phi) is 2.82. The first-order valence-electron chi connectivity index (χ1n) is 5.45. The van der Waals surface area contributed by atoms with E-state index in [0.717, 1.165) is 18.8 Å². The van der Waals surface area contributed by atoms with Crippen molar-refractivity contribution in [3.8, 4) is 0 Å². The van der Waals surface area contributed by atoms with Gasteiger partial charge in [-0.1, -0.05) is 13.0 Å². The summed E-state index contributed by atoms with van der Waals surface area (Å²) in [5.74, 6) is 0. The van der Waals surface area contributed by atoms with E-state index in [2.05, 4.69) is 23.3 Å². The van der Waals surface area contributed by atoms with Gasteiger partial charge in [0.1, 0.15) is 0 Å². The lowest BCUT2D eigenvalue weighted by atomic mass is 10.0. The Bertz CT molecular complexity index is 278. The number of hydrogen-bond acceptors (Lipinski definition) is 2. The van der Waals surface area contributed by atoms with Gasteiger partial charge in [-0.05, 0) is 36.8 Å². The Morgan fingerprint density at radius 2 is 2.29 bits per heavy atom. The van der Waals surface area contributed by atoms with Crippen molar-refractivity contribution < 1.29 is 0 Å². The van der Waals surface area contributed by atoms with Crippen molar-refractivity contribution in [2.24, 2.45) is 5.41 Å². The van der Waals surface area contributed by atoms with E-state index < -0.39 is 0 Å². The molecular weight excluding hydrogens is 172 g/mol. The minimum atomic E-state index is 0.634. The average Bonchev–Trinajstić information content (AvgIpc) is 3.00. The normalized spacial score (nSPS) is 18.1. The number of pyridine rings is 1. The van der Waals surface area contributed by atoms with Gasteiger partial charge >= 0.3 is 0 Å². The second-order valence-electron chi connectivity index (χ2n) is 4.28. The number of aromatic nitrogens is 1. The van der Waals surface area contributed by atoms with Gasteiger partial charge in [-0.15, -0.1) is 0 Å². The highest BCUT2D eigenvalue weighted by Gasteiger charge is 2.39.